The molecular formula is C21H42IN5O3. The average molecular weight is 540 g/mol. The minimum atomic E-state index is -0.548. The molecule has 4 N–H and O–H groups in total. The number of aliphatic imine (C=N–C) groups is 1. The van der Waals surface area contributed by atoms with Crippen LogP contribution in [-0.4, -0.2) is 55.3 Å². The second-order valence-electron chi connectivity index (χ2n) is 8.80. The summed E-state index contributed by atoms with van der Waals surface area (Å²) >= 11 is 0. The summed E-state index contributed by atoms with van der Waals surface area (Å²) in [5.74, 6) is 0.505. The molecule has 1 fully saturated rings. The number of nitrogens with zero attached hydrogens (tertiary/aromatic N) is 1. The molecule has 0 atom stereocenters. The number of nitrogens with one attached hydrogen (secondary N) is 4. The molecule has 0 heterocycles. The van der Waals surface area contributed by atoms with Crippen molar-refractivity contribution >= 4 is 41.9 Å². The fourth-order valence-electron chi connectivity index (χ4n) is 3.40. The lowest BCUT2D eigenvalue weighted by Gasteiger charge is -2.34. The van der Waals surface area contributed by atoms with Crippen molar-refractivity contribution in [1.29, 1.82) is 0 Å². The maximum Gasteiger partial charge on any atom is 0.408 e. The molecule has 0 aromatic rings. The molecule has 0 aromatic heterocycles. The zero-order valence-corrected chi connectivity index (χ0v) is 21.9. The van der Waals surface area contributed by atoms with E-state index in [0.29, 0.717) is 18.5 Å². The van der Waals surface area contributed by atoms with Crippen LogP contribution >= 0.6 is 24.0 Å². The van der Waals surface area contributed by atoms with Gasteiger partial charge in [-0.15, -0.1) is 24.0 Å². The third kappa shape index (κ3) is 11.2. The normalized spacial score (nSPS) is 15.6. The number of carbonyl (C=O) groups is 2. The summed E-state index contributed by atoms with van der Waals surface area (Å²) in [6.07, 6.45) is 6.77. The van der Waals surface area contributed by atoms with Gasteiger partial charge in [0.2, 0.25) is 5.91 Å². The largest absolute Gasteiger partial charge is 0.444 e. The van der Waals surface area contributed by atoms with Crippen molar-refractivity contribution in [3.05, 3.63) is 0 Å². The molecule has 2 amide bonds. The first-order valence-electron chi connectivity index (χ1n) is 10.9. The van der Waals surface area contributed by atoms with Gasteiger partial charge >= 0.3 is 6.09 Å². The molecule has 0 saturated heterocycles. The molecule has 0 bridgehead atoms. The number of guanidine groups is 1. The van der Waals surface area contributed by atoms with Gasteiger partial charge in [0.1, 0.15) is 5.60 Å². The Hall–Kier alpha value is -1.26. The summed E-state index contributed by atoms with van der Waals surface area (Å²) in [6.45, 7) is 10.2. The van der Waals surface area contributed by atoms with Gasteiger partial charge in [-0.1, -0.05) is 33.1 Å². The number of rotatable bonds is 8. The van der Waals surface area contributed by atoms with E-state index in [4.69, 9.17) is 4.74 Å². The van der Waals surface area contributed by atoms with E-state index in [1.54, 1.807) is 7.05 Å². The first kappa shape index (κ1) is 28.7. The molecule has 0 aliphatic heterocycles. The first-order valence-corrected chi connectivity index (χ1v) is 10.9. The van der Waals surface area contributed by atoms with Gasteiger partial charge in [-0.2, -0.15) is 0 Å². The van der Waals surface area contributed by atoms with Gasteiger partial charge in [0.05, 0.1) is 12.1 Å². The van der Waals surface area contributed by atoms with Crippen molar-refractivity contribution < 1.29 is 14.3 Å². The van der Waals surface area contributed by atoms with Crippen molar-refractivity contribution in [3.63, 3.8) is 0 Å². The monoisotopic (exact) mass is 539 g/mol. The molecule has 8 nitrogen and oxygen atoms in total. The Kier molecular flexibility index (Phi) is 13.3. The predicted octanol–water partition coefficient (Wildman–Crippen LogP) is 3.30. The van der Waals surface area contributed by atoms with E-state index in [0.717, 1.165) is 25.7 Å². The van der Waals surface area contributed by atoms with Gasteiger partial charge in [-0.3, -0.25) is 9.79 Å². The molecule has 9 heteroatoms. The van der Waals surface area contributed by atoms with Gasteiger partial charge < -0.3 is 26.0 Å². The molecule has 30 heavy (non-hydrogen) atoms. The van der Waals surface area contributed by atoms with Crippen LogP contribution in [0, 0.1) is 0 Å². The lowest BCUT2D eigenvalue weighted by molar-refractivity contribution is -0.120. The highest BCUT2D eigenvalue weighted by molar-refractivity contribution is 14.0. The topological polar surface area (TPSA) is 104 Å². The van der Waals surface area contributed by atoms with Gasteiger partial charge in [-0.25, -0.2) is 4.79 Å². The lowest BCUT2D eigenvalue weighted by atomic mass is 9.93. The standard InChI is InChI=1S/C21H41N5O3.HI/c1-7-21(8-2,26-19(28)29-20(3,4)5)15-24-18(22-6)23-14-17(27)25-16-12-10-9-11-13-16;/h16H,7-15H2,1-6H3,(H,25,27)(H,26,28)(H2,22,23,24);1H. The van der Waals surface area contributed by atoms with E-state index < -0.39 is 17.2 Å². The highest BCUT2D eigenvalue weighted by Gasteiger charge is 2.30. The van der Waals surface area contributed by atoms with Crippen molar-refractivity contribution in [1.82, 2.24) is 21.3 Å². The molecule has 0 unspecified atom stereocenters. The van der Waals surface area contributed by atoms with Crippen LogP contribution in [0.2, 0.25) is 0 Å². The molecule has 1 rings (SSSR count). The van der Waals surface area contributed by atoms with E-state index in [9.17, 15) is 9.59 Å². The molecule has 0 spiro atoms. The van der Waals surface area contributed by atoms with Crippen molar-refractivity contribution in [2.24, 2.45) is 4.99 Å². The number of hydrogen-bond donors (Lipinski definition) is 4. The third-order valence-electron chi connectivity index (χ3n) is 5.32. The number of halogens is 1. The van der Waals surface area contributed by atoms with Gasteiger partial charge in [-0.05, 0) is 46.5 Å². The van der Waals surface area contributed by atoms with E-state index in [1.165, 1.54) is 19.3 Å². The second-order valence-corrected chi connectivity index (χ2v) is 8.80. The fourth-order valence-corrected chi connectivity index (χ4v) is 3.40. The molecular weight excluding hydrogens is 497 g/mol. The Labute approximate surface area is 199 Å². The first-order chi connectivity index (χ1) is 13.6. The number of amides is 2. The lowest BCUT2D eigenvalue weighted by Crippen LogP contribution is -2.57. The number of ether oxygens (including phenoxy) is 1. The number of hydrogen-bond acceptors (Lipinski definition) is 4. The van der Waals surface area contributed by atoms with Gasteiger partial charge in [0.25, 0.3) is 0 Å². The predicted molar refractivity (Wildman–Crippen MR) is 132 cm³/mol. The Balaban J connectivity index is 0.00000841. The quantitative estimate of drug-likeness (QED) is 0.215. The zero-order valence-electron chi connectivity index (χ0n) is 19.5. The SMILES string of the molecule is CCC(CC)(CNC(=NC)NCC(=O)NC1CCCCC1)NC(=O)OC(C)(C)C.I. The minimum Gasteiger partial charge on any atom is -0.444 e. The van der Waals surface area contributed by atoms with Crippen LogP contribution in [0.3, 0.4) is 0 Å². The second kappa shape index (κ2) is 13.9. The van der Waals surface area contributed by atoms with Crippen LogP contribution in [0.5, 0.6) is 0 Å². The van der Waals surface area contributed by atoms with E-state index >= 15 is 0 Å². The van der Waals surface area contributed by atoms with Crippen molar-refractivity contribution in [2.75, 3.05) is 20.1 Å². The summed E-state index contributed by atoms with van der Waals surface area (Å²) in [7, 11) is 1.66. The summed E-state index contributed by atoms with van der Waals surface area (Å²) in [4.78, 5) is 28.6. The van der Waals surface area contributed by atoms with Crippen LogP contribution in [0.15, 0.2) is 4.99 Å². The average Bonchev–Trinajstić information content (AvgIpc) is 2.66. The molecule has 0 aromatic carbocycles. The van der Waals surface area contributed by atoms with E-state index in [-0.39, 0.29) is 36.4 Å². The number of alkyl carbamates (subject to hydrolysis) is 1. The minimum absolute atomic E-state index is 0. The summed E-state index contributed by atoms with van der Waals surface area (Å²) in [5.41, 5.74) is -1.02. The third-order valence-corrected chi connectivity index (χ3v) is 5.32. The molecule has 1 saturated carbocycles. The Morgan fingerprint density at radius 3 is 2.13 bits per heavy atom. The van der Waals surface area contributed by atoms with Gasteiger partial charge in [0, 0.05) is 19.6 Å². The molecule has 0 radical (unpaired) electrons. The van der Waals surface area contributed by atoms with Crippen molar-refractivity contribution in [3.8, 4) is 0 Å². The highest BCUT2D eigenvalue weighted by atomic mass is 127. The molecule has 176 valence electrons. The van der Waals surface area contributed by atoms with Crippen LogP contribution in [0.25, 0.3) is 0 Å². The zero-order chi connectivity index (χ0) is 21.9. The van der Waals surface area contributed by atoms with Gasteiger partial charge in [0.15, 0.2) is 5.96 Å². The van der Waals surface area contributed by atoms with E-state index in [2.05, 4.69) is 26.3 Å². The molecule has 1 aliphatic rings. The fraction of sp³-hybridized carbons (Fsp3) is 0.857. The summed E-state index contributed by atoms with van der Waals surface area (Å²) in [6, 6.07) is 0.291. The number of carbonyl (C=O) groups excluding carboxylic acids is 2. The van der Waals surface area contributed by atoms with E-state index in [1.807, 2.05) is 34.6 Å². The smallest absolute Gasteiger partial charge is 0.408 e. The highest BCUT2D eigenvalue weighted by Crippen LogP contribution is 2.17. The maximum absolute atomic E-state index is 12.3. The Morgan fingerprint density at radius 1 is 1.03 bits per heavy atom. The van der Waals surface area contributed by atoms with Crippen LogP contribution in [0.1, 0.15) is 79.6 Å². The van der Waals surface area contributed by atoms with Crippen LogP contribution < -0.4 is 21.3 Å². The molecule has 1 aliphatic carbocycles. The Bertz CT molecular complexity index is 553. The summed E-state index contributed by atoms with van der Waals surface area (Å²) < 4.78 is 5.40. The summed E-state index contributed by atoms with van der Waals surface area (Å²) in [5, 5.41) is 12.4. The Morgan fingerprint density at radius 2 is 1.63 bits per heavy atom. The van der Waals surface area contributed by atoms with Crippen LogP contribution in [0.4, 0.5) is 4.79 Å². The van der Waals surface area contributed by atoms with Crippen molar-refractivity contribution in [2.45, 2.75) is 96.7 Å². The maximum atomic E-state index is 12.3. The van der Waals surface area contributed by atoms with Crippen LogP contribution in [-0.2, 0) is 9.53 Å².